The number of hydrogen-bond donors (Lipinski definition) is 2. The van der Waals surface area contributed by atoms with Gasteiger partial charge in [0.25, 0.3) is 0 Å². The summed E-state index contributed by atoms with van der Waals surface area (Å²) in [5, 5.41) is 0. The lowest BCUT2D eigenvalue weighted by atomic mass is 9.76. The predicted molar refractivity (Wildman–Crippen MR) is 118 cm³/mol. The zero-order chi connectivity index (χ0) is 20.0. The van der Waals surface area contributed by atoms with Crippen LogP contribution in [-0.4, -0.2) is 12.1 Å². The first kappa shape index (κ1) is 21.7. The third kappa shape index (κ3) is 7.86. The fourth-order valence-electron chi connectivity index (χ4n) is 3.86. The van der Waals surface area contributed by atoms with Crippen LogP contribution in [0.15, 0.2) is 48.5 Å². The van der Waals surface area contributed by atoms with Gasteiger partial charge in [-0.05, 0) is 62.0 Å². The van der Waals surface area contributed by atoms with Gasteiger partial charge >= 0.3 is 0 Å². The Balaban J connectivity index is 2.03. The number of nitrogens with two attached hydrogens (primary N) is 2. The second kappa shape index (κ2) is 9.52. The van der Waals surface area contributed by atoms with Gasteiger partial charge in [0.2, 0.25) is 0 Å². The lowest BCUT2D eigenvalue weighted by Gasteiger charge is -2.32. The van der Waals surface area contributed by atoms with Gasteiger partial charge in [-0.3, -0.25) is 0 Å². The molecule has 2 nitrogen and oxygen atoms in total. The van der Waals surface area contributed by atoms with Crippen LogP contribution in [0.2, 0.25) is 0 Å². The minimum atomic E-state index is 0.135. The van der Waals surface area contributed by atoms with Gasteiger partial charge in [0.05, 0.1) is 0 Å². The van der Waals surface area contributed by atoms with Crippen LogP contribution in [0, 0.1) is 25.2 Å². The lowest BCUT2D eigenvalue weighted by Crippen LogP contribution is -2.39. The third-order valence-corrected chi connectivity index (χ3v) is 5.30. The Morgan fingerprint density at radius 2 is 1.19 bits per heavy atom. The average Bonchev–Trinajstić information content (AvgIpc) is 2.57. The SMILES string of the molecule is Cc1ccc(CC(N)C(C[C@H](N)Cc2ccc(C)cc2)CC(C)(C)C)cc1. The Morgan fingerprint density at radius 1 is 0.741 bits per heavy atom. The van der Waals surface area contributed by atoms with Gasteiger partial charge in [0.15, 0.2) is 0 Å². The zero-order valence-corrected chi connectivity index (χ0v) is 17.8. The molecule has 0 aromatic heterocycles. The van der Waals surface area contributed by atoms with Crippen molar-refractivity contribution >= 4 is 0 Å². The highest BCUT2D eigenvalue weighted by Crippen LogP contribution is 2.30. The van der Waals surface area contributed by atoms with Crippen molar-refractivity contribution in [1.29, 1.82) is 0 Å². The largest absolute Gasteiger partial charge is 0.327 e. The zero-order valence-electron chi connectivity index (χ0n) is 17.8. The summed E-state index contributed by atoms with van der Waals surface area (Å²) >= 11 is 0. The molecule has 148 valence electrons. The van der Waals surface area contributed by atoms with E-state index in [4.69, 9.17) is 11.5 Å². The van der Waals surface area contributed by atoms with E-state index in [0.717, 1.165) is 25.7 Å². The van der Waals surface area contributed by atoms with E-state index < -0.39 is 0 Å². The molecule has 0 saturated heterocycles. The van der Waals surface area contributed by atoms with Crippen molar-refractivity contribution in [2.45, 2.75) is 72.4 Å². The van der Waals surface area contributed by atoms with Crippen molar-refractivity contribution in [3.8, 4) is 0 Å². The maximum atomic E-state index is 6.70. The minimum Gasteiger partial charge on any atom is -0.327 e. The molecule has 0 aliphatic heterocycles. The van der Waals surface area contributed by atoms with Gasteiger partial charge in [-0.1, -0.05) is 80.4 Å². The molecule has 2 unspecified atom stereocenters. The van der Waals surface area contributed by atoms with E-state index in [-0.39, 0.29) is 17.5 Å². The highest BCUT2D eigenvalue weighted by molar-refractivity contribution is 5.23. The second-order valence-electron chi connectivity index (χ2n) is 9.56. The summed E-state index contributed by atoms with van der Waals surface area (Å²) in [6.07, 6.45) is 3.90. The van der Waals surface area contributed by atoms with E-state index in [0.29, 0.717) is 5.92 Å². The first-order chi connectivity index (χ1) is 12.6. The maximum Gasteiger partial charge on any atom is 0.0109 e. The summed E-state index contributed by atoms with van der Waals surface area (Å²) in [7, 11) is 0. The molecule has 4 N–H and O–H groups in total. The molecule has 0 spiro atoms. The molecule has 2 aromatic rings. The molecular weight excluding hydrogens is 328 g/mol. The molecule has 0 fully saturated rings. The highest BCUT2D eigenvalue weighted by Gasteiger charge is 2.26. The van der Waals surface area contributed by atoms with E-state index in [1.54, 1.807) is 0 Å². The highest BCUT2D eigenvalue weighted by atomic mass is 14.7. The molecule has 0 saturated carbocycles. The van der Waals surface area contributed by atoms with Crippen molar-refractivity contribution in [1.82, 2.24) is 0 Å². The third-order valence-electron chi connectivity index (χ3n) is 5.30. The van der Waals surface area contributed by atoms with Crippen LogP contribution >= 0.6 is 0 Å². The first-order valence-corrected chi connectivity index (χ1v) is 10.2. The van der Waals surface area contributed by atoms with E-state index in [1.165, 1.54) is 22.3 Å². The fourth-order valence-corrected chi connectivity index (χ4v) is 3.86. The molecule has 0 bridgehead atoms. The van der Waals surface area contributed by atoms with E-state index in [1.807, 2.05) is 0 Å². The van der Waals surface area contributed by atoms with Gasteiger partial charge in [-0.25, -0.2) is 0 Å². The summed E-state index contributed by atoms with van der Waals surface area (Å²) in [5.41, 5.74) is 18.7. The fraction of sp³-hybridized carbons (Fsp3) is 0.520. The van der Waals surface area contributed by atoms with Gasteiger partial charge in [0, 0.05) is 12.1 Å². The molecule has 0 radical (unpaired) electrons. The summed E-state index contributed by atoms with van der Waals surface area (Å²) in [5.74, 6) is 0.423. The van der Waals surface area contributed by atoms with Crippen molar-refractivity contribution in [2.24, 2.45) is 22.8 Å². The molecule has 27 heavy (non-hydrogen) atoms. The van der Waals surface area contributed by atoms with Gasteiger partial charge in [0.1, 0.15) is 0 Å². The van der Waals surface area contributed by atoms with E-state index in [9.17, 15) is 0 Å². The molecule has 0 aliphatic carbocycles. The van der Waals surface area contributed by atoms with Crippen LogP contribution in [-0.2, 0) is 12.8 Å². The molecule has 2 heteroatoms. The Labute approximate surface area is 166 Å². The first-order valence-electron chi connectivity index (χ1n) is 10.2. The maximum absolute atomic E-state index is 6.70. The topological polar surface area (TPSA) is 52.0 Å². The van der Waals surface area contributed by atoms with Crippen molar-refractivity contribution < 1.29 is 0 Å². The van der Waals surface area contributed by atoms with Crippen molar-refractivity contribution in [2.75, 3.05) is 0 Å². The van der Waals surface area contributed by atoms with Gasteiger partial charge < -0.3 is 11.5 Å². The van der Waals surface area contributed by atoms with E-state index >= 15 is 0 Å². The standard InChI is InChI=1S/C25H38N2/c1-18-6-10-20(11-7-18)14-23(26)16-22(17-25(3,4)5)24(27)15-21-12-8-19(2)9-13-21/h6-13,22-24H,14-17,26-27H2,1-5H3/t22?,23-,24?/m1/s1. The van der Waals surface area contributed by atoms with Crippen molar-refractivity contribution in [3.05, 3.63) is 70.8 Å². The Hall–Kier alpha value is -1.64. The molecule has 3 atom stereocenters. The van der Waals surface area contributed by atoms with E-state index in [2.05, 4.69) is 83.1 Å². The lowest BCUT2D eigenvalue weighted by molar-refractivity contribution is 0.237. The Kier molecular flexibility index (Phi) is 7.64. The van der Waals surface area contributed by atoms with Crippen LogP contribution in [0.5, 0.6) is 0 Å². The van der Waals surface area contributed by atoms with Gasteiger partial charge in [-0.15, -0.1) is 0 Å². The summed E-state index contributed by atoms with van der Waals surface area (Å²) < 4.78 is 0. The summed E-state index contributed by atoms with van der Waals surface area (Å²) in [6, 6.07) is 17.7. The monoisotopic (exact) mass is 366 g/mol. The van der Waals surface area contributed by atoms with Crippen LogP contribution in [0.1, 0.15) is 55.9 Å². The number of hydrogen-bond acceptors (Lipinski definition) is 2. The molecule has 0 heterocycles. The molecular formula is C25H38N2. The minimum absolute atomic E-state index is 0.135. The van der Waals surface area contributed by atoms with Crippen molar-refractivity contribution in [3.63, 3.8) is 0 Å². The number of aryl methyl sites for hydroxylation is 2. The molecule has 0 amide bonds. The van der Waals surface area contributed by atoms with Crippen LogP contribution in [0.25, 0.3) is 0 Å². The van der Waals surface area contributed by atoms with Crippen LogP contribution < -0.4 is 11.5 Å². The van der Waals surface area contributed by atoms with Crippen LogP contribution in [0.4, 0.5) is 0 Å². The Bertz CT molecular complexity index is 680. The summed E-state index contributed by atoms with van der Waals surface area (Å²) in [6.45, 7) is 11.1. The number of rotatable bonds is 8. The smallest absolute Gasteiger partial charge is 0.0109 e. The van der Waals surface area contributed by atoms with Crippen LogP contribution in [0.3, 0.4) is 0 Å². The van der Waals surface area contributed by atoms with Gasteiger partial charge in [-0.2, -0.15) is 0 Å². The molecule has 2 aromatic carbocycles. The Morgan fingerprint density at radius 3 is 1.63 bits per heavy atom. The second-order valence-corrected chi connectivity index (χ2v) is 9.56. The summed E-state index contributed by atoms with van der Waals surface area (Å²) in [4.78, 5) is 0. The average molecular weight is 367 g/mol. The molecule has 0 aliphatic rings. The molecule has 2 rings (SSSR count). The predicted octanol–water partition coefficient (Wildman–Crippen LogP) is 5.19. The number of benzene rings is 2. The quantitative estimate of drug-likeness (QED) is 0.676. The normalized spacial score (nSPS) is 15.4.